The predicted octanol–water partition coefficient (Wildman–Crippen LogP) is 0.367. The summed E-state index contributed by atoms with van der Waals surface area (Å²) in [5.41, 5.74) is 0. The van der Waals surface area contributed by atoms with E-state index in [1.54, 1.807) is 0 Å². The highest BCUT2D eigenvalue weighted by atomic mass is 32.2. The van der Waals surface area contributed by atoms with Gasteiger partial charge in [0.1, 0.15) is 0 Å². The summed E-state index contributed by atoms with van der Waals surface area (Å²) < 4.78 is 24.1. The molecule has 1 rings (SSSR count). The zero-order valence-electron chi connectivity index (χ0n) is 11.1. The predicted molar refractivity (Wildman–Crippen MR) is 70.8 cm³/mol. The molecule has 106 valence electrons. The summed E-state index contributed by atoms with van der Waals surface area (Å²) in [6, 6.07) is -0.137. The standard InChI is InChI=1S/C11H23N3O3S/c1-3-6-12-11(15)13-9-10-4-7-14(8-5-10)18(2,16)17/h10H,3-9H2,1-2H3,(H2,12,13,15). The van der Waals surface area contributed by atoms with Gasteiger partial charge in [-0.05, 0) is 25.2 Å². The first kappa shape index (κ1) is 15.2. The fourth-order valence-electron chi connectivity index (χ4n) is 1.98. The van der Waals surface area contributed by atoms with Crippen molar-refractivity contribution in [2.45, 2.75) is 26.2 Å². The van der Waals surface area contributed by atoms with Gasteiger partial charge in [0.2, 0.25) is 10.0 Å². The van der Waals surface area contributed by atoms with Crippen LogP contribution in [0.25, 0.3) is 0 Å². The molecule has 1 aliphatic heterocycles. The molecule has 1 aliphatic rings. The van der Waals surface area contributed by atoms with Crippen LogP contribution in [0.1, 0.15) is 26.2 Å². The minimum atomic E-state index is -3.06. The van der Waals surface area contributed by atoms with Gasteiger partial charge in [-0.3, -0.25) is 0 Å². The second kappa shape index (κ2) is 6.94. The third kappa shape index (κ3) is 5.22. The van der Waals surface area contributed by atoms with Crippen molar-refractivity contribution < 1.29 is 13.2 Å². The monoisotopic (exact) mass is 277 g/mol. The van der Waals surface area contributed by atoms with Crippen LogP contribution in [0.15, 0.2) is 0 Å². The fraction of sp³-hybridized carbons (Fsp3) is 0.909. The van der Waals surface area contributed by atoms with Crippen LogP contribution >= 0.6 is 0 Å². The Morgan fingerprint density at radius 3 is 2.39 bits per heavy atom. The highest BCUT2D eigenvalue weighted by Crippen LogP contribution is 2.18. The molecule has 0 unspecified atom stereocenters. The average molecular weight is 277 g/mol. The van der Waals surface area contributed by atoms with Crippen LogP contribution in [-0.4, -0.2) is 51.2 Å². The van der Waals surface area contributed by atoms with Gasteiger partial charge < -0.3 is 10.6 Å². The summed E-state index contributed by atoms with van der Waals surface area (Å²) in [7, 11) is -3.06. The van der Waals surface area contributed by atoms with E-state index in [9.17, 15) is 13.2 Å². The molecule has 6 nitrogen and oxygen atoms in total. The van der Waals surface area contributed by atoms with Crippen molar-refractivity contribution in [3.05, 3.63) is 0 Å². The summed E-state index contributed by atoms with van der Waals surface area (Å²) >= 11 is 0. The third-order valence-corrected chi connectivity index (χ3v) is 4.43. The summed E-state index contributed by atoms with van der Waals surface area (Å²) in [5.74, 6) is 0.371. The number of sulfonamides is 1. The lowest BCUT2D eigenvalue weighted by Gasteiger charge is -2.30. The minimum absolute atomic E-state index is 0.137. The van der Waals surface area contributed by atoms with Gasteiger partial charge in [0.25, 0.3) is 0 Å². The van der Waals surface area contributed by atoms with Crippen molar-refractivity contribution >= 4 is 16.1 Å². The summed E-state index contributed by atoms with van der Waals surface area (Å²) in [4.78, 5) is 11.3. The molecular weight excluding hydrogens is 254 g/mol. The average Bonchev–Trinajstić information content (AvgIpc) is 2.33. The first-order valence-electron chi connectivity index (χ1n) is 6.40. The Kier molecular flexibility index (Phi) is 5.87. The fourth-order valence-corrected chi connectivity index (χ4v) is 2.86. The molecule has 0 aromatic heterocycles. The number of carbonyl (C=O) groups is 1. The molecule has 1 heterocycles. The van der Waals surface area contributed by atoms with Gasteiger partial charge in [0.05, 0.1) is 6.26 Å². The van der Waals surface area contributed by atoms with Crippen molar-refractivity contribution in [3.63, 3.8) is 0 Å². The zero-order chi connectivity index (χ0) is 13.6. The number of carbonyl (C=O) groups excluding carboxylic acids is 1. The maximum absolute atomic E-state index is 11.3. The topological polar surface area (TPSA) is 78.5 Å². The first-order valence-corrected chi connectivity index (χ1v) is 8.25. The number of rotatable bonds is 5. The van der Waals surface area contributed by atoms with Crippen LogP contribution in [-0.2, 0) is 10.0 Å². The molecule has 0 saturated carbocycles. The number of hydrogen-bond acceptors (Lipinski definition) is 3. The Labute approximate surface area is 109 Å². The Bertz CT molecular complexity index is 362. The molecule has 0 aliphatic carbocycles. The lowest BCUT2D eigenvalue weighted by atomic mass is 9.98. The highest BCUT2D eigenvalue weighted by Gasteiger charge is 2.24. The number of piperidine rings is 1. The van der Waals surface area contributed by atoms with Gasteiger partial charge in [0.15, 0.2) is 0 Å². The summed E-state index contributed by atoms with van der Waals surface area (Å²) in [5, 5.41) is 5.57. The van der Waals surface area contributed by atoms with E-state index >= 15 is 0 Å². The van der Waals surface area contributed by atoms with Crippen LogP contribution in [0.2, 0.25) is 0 Å². The van der Waals surface area contributed by atoms with E-state index in [0.29, 0.717) is 32.1 Å². The molecular formula is C11H23N3O3S. The highest BCUT2D eigenvalue weighted by molar-refractivity contribution is 7.88. The Balaban J connectivity index is 2.22. The SMILES string of the molecule is CCCNC(=O)NCC1CCN(S(C)(=O)=O)CC1. The molecule has 1 saturated heterocycles. The lowest BCUT2D eigenvalue weighted by Crippen LogP contribution is -2.43. The molecule has 0 bridgehead atoms. The van der Waals surface area contributed by atoms with Gasteiger partial charge in [-0.2, -0.15) is 0 Å². The molecule has 0 aromatic carbocycles. The molecule has 2 amide bonds. The van der Waals surface area contributed by atoms with E-state index in [4.69, 9.17) is 0 Å². The lowest BCUT2D eigenvalue weighted by molar-refractivity contribution is 0.231. The zero-order valence-corrected chi connectivity index (χ0v) is 11.9. The largest absolute Gasteiger partial charge is 0.338 e. The molecule has 1 fully saturated rings. The van der Waals surface area contributed by atoms with Gasteiger partial charge >= 0.3 is 6.03 Å². The van der Waals surface area contributed by atoms with Gasteiger partial charge in [-0.15, -0.1) is 0 Å². The van der Waals surface area contributed by atoms with E-state index in [-0.39, 0.29) is 6.03 Å². The van der Waals surface area contributed by atoms with Crippen molar-refractivity contribution in [2.75, 3.05) is 32.4 Å². The quantitative estimate of drug-likeness (QED) is 0.762. The van der Waals surface area contributed by atoms with E-state index < -0.39 is 10.0 Å². The molecule has 2 N–H and O–H groups in total. The second-order valence-electron chi connectivity index (χ2n) is 4.74. The number of nitrogens with zero attached hydrogens (tertiary/aromatic N) is 1. The van der Waals surface area contributed by atoms with Crippen LogP contribution < -0.4 is 10.6 Å². The van der Waals surface area contributed by atoms with Crippen molar-refractivity contribution in [2.24, 2.45) is 5.92 Å². The van der Waals surface area contributed by atoms with Crippen molar-refractivity contribution in [1.29, 1.82) is 0 Å². The molecule has 18 heavy (non-hydrogen) atoms. The van der Waals surface area contributed by atoms with Crippen LogP contribution in [0, 0.1) is 5.92 Å². The Morgan fingerprint density at radius 1 is 1.28 bits per heavy atom. The van der Waals surface area contributed by atoms with E-state index in [0.717, 1.165) is 19.3 Å². The molecule has 0 spiro atoms. The Morgan fingerprint density at radius 2 is 1.89 bits per heavy atom. The number of urea groups is 1. The van der Waals surface area contributed by atoms with E-state index in [2.05, 4.69) is 10.6 Å². The Hall–Kier alpha value is -0.820. The molecule has 0 atom stereocenters. The number of hydrogen-bond donors (Lipinski definition) is 2. The maximum Gasteiger partial charge on any atom is 0.314 e. The smallest absolute Gasteiger partial charge is 0.314 e. The van der Waals surface area contributed by atoms with Crippen LogP contribution in [0.3, 0.4) is 0 Å². The normalized spacial score (nSPS) is 18.6. The van der Waals surface area contributed by atoms with Crippen molar-refractivity contribution in [1.82, 2.24) is 14.9 Å². The van der Waals surface area contributed by atoms with E-state index in [1.165, 1.54) is 10.6 Å². The molecule has 0 aromatic rings. The van der Waals surface area contributed by atoms with Gasteiger partial charge in [0, 0.05) is 26.2 Å². The maximum atomic E-state index is 11.3. The van der Waals surface area contributed by atoms with E-state index in [1.807, 2.05) is 6.92 Å². The first-order chi connectivity index (χ1) is 8.43. The molecule has 7 heteroatoms. The van der Waals surface area contributed by atoms with Crippen molar-refractivity contribution in [3.8, 4) is 0 Å². The third-order valence-electron chi connectivity index (χ3n) is 3.13. The minimum Gasteiger partial charge on any atom is -0.338 e. The van der Waals surface area contributed by atoms with Gasteiger partial charge in [-0.25, -0.2) is 17.5 Å². The van der Waals surface area contributed by atoms with Gasteiger partial charge in [-0.1, -0.05) is 6.92 Å². The van der Waals surface area contributed by atoms with Crippen LogP contribution in [0.5, 0.6) is 0 Å². The van der Waals surface area contributed by atoms with Crippen LogP contribution in [0.4, 0.5) is 4.79 Å². The second-order valence-corrected chi connectivity index (χ2v) is 6.72. The molecule has 0 radical (unpaired) electrons. The number of nitrogens with one attached hydrogen (secondary N) is 2. The summed E-state index contributed by atoms with van der Waals surface area (Å²) in [6.07, 6.45) is 3.77. The number of amides is 2. The summed E-state index contributed by atoms with van der Waals surface area (Å²) in [6.45, 7) is 4.41.